The van der Waals surface area contributed by atoms with E-state index in [0.717, 1.165) is 17.7 Å². The van der Waals surface area contributed by atoms with Crippen LogP contribution in [0.2, 0.25) is 0 Å². The van der Waals surface area contributed by atoms with Crippen molar-refractivity contribution in [2.45, 2.75) is 33.6 Å². The summed E-state index contributed by atoms with van der Waals surface area (Å²) in [4.78, 5) is 25.2. The molecule has 0 saturated heterocycles. The molecular weight excluding hydrogens is 240 g/mol. The van der Waals surface area contributed by atoms with Gasteiger partial charge in [0.1, 0.15) is 0 Å². The first-order valence-corrected chi connectivity index (χ1v) is 6.72. The van der Waals surface area contributed by atoms with Crippen LogP contribution < -0.4 is 10.2 Å². The fourth-order valence-electron chi connectivity index (χ4n) is 1.88. The van der Waals surface area contributed by atoms with Gasteiger partial charge < -0.3 is 10.2 Å². The lowest BCUT2D eigenvalue weighted by atomic mass is 10.2. The SMILES string of the molecule is CCCC(=O)NCC(=O)N(CC)c1cccc(C)c1. The second-order valence-electron chi connectivity index (χ2n) is 4.50. The Kier molecular flexibility index (Phi) is 6.06. The van der Waals surface area contributed by atoms with Crippen molar-refractivity contribution in [1.82, 2.24) is 5.32 Å². The maximum atomic E-state index is 12.1. The minimum absolute atomic E-state index is 0.0562. The van der Waals surface area contributed by atoms with Gasteiger partial charge in [-0.2, -0.15) is 0 Å². The quantitative estimate of drug-likeness (QED) is 0.855. The maximum Gasteiger partial charge on any atom is 0.246 e. The molecule has 1 rings (SSSR count). The van der Waals surface area contributed by atoms with Crippen LogP contribution in [0.15, 0.2) is 24.3 Å². The van der Waals surface area contributed by atoms with Gasteiger partial charge in [-0.3, -0.25) is 9.59 Å². The lowest BCUT2D eigenvalue weighted by molar-refractivity contribution is -0.125. The van der Waals surface area contributed by atoms with E-state index in [2.05, 4.69) is 5.32 Å². The van der Waals surface area contributed by atoms with E-state index in [4.69, 9.17) is 0 Å². The Morgan fingerprint density at radius 3 is 2.58 bits per heavy atom. The molecule has 0 aliphatic heterocycles. The standard InChI is InChI=1S/C15H22N2O2/c1-4-7-14(18)16-11-15(19)17(5-2)13-9-6-8-12(3)10-13/h6,8-10H,4-5,7,11H2,1-3H3,(H,16,18). The van der Waals surface area contributed by atoms with Gasteiger partial charge in [-0.15, -0.1) is 0 Å². The highest BCUT2D eigenvalue weighted by Crippen LogP contribution is 2.15. The third-order valence-electron chi connectivity index (χ3n) is 2.84. The van der Waals surface area contributed by atoms with E-state index in [0.29, 0.717) is 13.0 Å². The van der Waals surface area contributed by atoms with Crippen molar-refractivity contribution < 1.29 is 9.59 Å². The Bertz CT molecular complexity index is 444. The molecule has 19 heavy (non-hydrogen) atoms. The molecule has 0 unspecified atom stereocenters. The van der Waals surface area contributed by atoms with Crippen molar-refractivity contribution in [2.75, 3.05) is 18.0 Å². The van der Waals surface area contributed by atoms with E-state index in [-0.39, 0.29) is 18.4 Å². The highest BCUT2D eigenvalue weighted by Gasteiger charge is 2.14. The fraction of sp³-hybridized carbons (Fsp3) is 0.467. The van der Waals surface area contributed by atoms with Crippen LogP contribution in [0.25, 0.3) is 0 Å². The second kappa shape index (κ2) is 7.56. The molecule has 0 heterocycles. The topological polar surface area (TPSA) is 49.4 Å². The molecule has 1 N–H and O–H groups in total. The average molecular weight is 262 g/mol. The number of aryl methyl sites for hydroxylation is 1. The van der Waals surface area contributed by atoms with E-state index in [1.165, 1.54) is 0 Å². The van der Waals surface area contributed by atoms with Crippen LogP contribution in [-0.2, 0) is 9.59 Å². The van der Waals surface area contributed by atoms with E-state index in [1.807, 2.05) is 45.0 Å². The fourth-order valence-corrected chi connectivity index (χ4v) is 1.88. The van der Waals surface area contributed by atoms with E-state index in [1.54, 1.807) is 4.90 Å². The van der Waals surface area contributed by atoms with Gasteiger partial charge in [-0.1, -0.05) is 19.1 Å². The zero-order chi connectivity index (χ0) is 14.3. The van der Waals surface area contributed by atoms with Gasteiger partial charge in [0.05, 0.1) is 6.54 Å². The Balaban J connectivity index is 2.64. The molecule has 1 aromatic rings. The molecule has 0 spiro atoms. The van der Waals surface area contributed by atoms with Crippen molar-refractivity contribution >= 4 is 17.5 Å². The van der Waals surface area contributed by atoms with Crippen molar-refractivity contribution in [3.05, 3.63) is 29.8 Å². The number of carbonyl (C=O) groups is 2. The lowest BCUT2D eigenvalue weighted by Gasteiger charge is -2.21. The van der Waals surface area contributed by atoms with Gasteiger partial charge in [0.15, 0.2) is 0 Å². The van der Waals surface area contributed by atoms with Gasteiger partial charge in [0.2, 0.25) is 11.8 Å². The number of hydrogen-bond donors (Lipinski definition) is 1. The molecule has 4 nitrogen and oxygen atoms in total. The lowest BCUT2D eigenvalue weighted by Crippen LogP contribution is -2.40. The van der Waals surface area contributed by atoms with Crippen LogP contribution in [0.4, 0.5) is 5.69 Å². The van der Waals surface area contributed by atoms with E-state index < -0.39 is 0 Å². The van der Waals surface area contributed by atoms with E-state index >= 15 is 0 Å². The van der Waals surface area contributed by atoms with Crippen molar-refractivity contribution in [1.29, 1.82) is 0 Å². The minimum atomic E-state index is -0.0856. The van der Waals surface area contributed by atoms with Gasteiger partial charge in [0, 0.05) is 18.7 Å². The molecule has 104 valence electrons. The Labute approximate surface area is 114 Å². The average Bonchev–Trinajstić information content (AvgIpc) is 2.38. The summed E-state index contributed by atoms with van der Waals surface area (Å²) in [6, 6.07) is 7.79. The summed E-state index contributed by atoms with van der Waals surface area (Å²) >= 11 is 0. The second-order valence-corrected chi connectivity index (χ2v) is 4.50. The third-order valence-corrected chi connectivity index (χ3v) is 2.84. The van der Waals surface area contributed by atoms with Crippen LogP contribution >= 0.6 is 0 Å². The monoisotopic (exact) mass is 262 g/mol. The van der Waals surface area contributed by atoms with Crippen molar-refractivity contribution in [2.24, 2.45) is 0 Å². The number of carbonyl (C=O) groups excluding carboxylic acids is 2. The van der Waals surface area contributed by atoms with Crippen molar-refractivity contribution in [3.63, 3.8) is 0 Å². The number of rotatable bonds is 6. The van der Waals surface area contributed by atoms with Gasteiger partial charge in [-0.05, 0) is 38.0 Å². The Morgan fingerprint density at radius 1 is 1.26 bits per heavy atom. The zero-order valence-corrected chi connectivity index (χ0v) is 11.9. The predicted molar refractivity (Wildman–Crippen MR) is 77.1 cm³/mol. The maximum absolute atomic E-state index is 12.1. The molecule has 0 atom stereocenters. The molecule has 4 heteroatoms. The first kappa shape index (κ1) is 15.2. The normalized spacial score (nSPS) is 10.1. The molecule has 0 fully saturated rings. The number of hydrogen-bond acceptors (Lipinski definition) is 2. The summed E-state index contributed by atoms with van der Waals surface area (Å²) in [7, 11) is 0. The van der Waals surface area contributed by atoms with Gasteiger partial charge in [-0.25, -0.2) is 0 Å². The van der Waals surface area contributed by atoms with Crippen molar-refractivity contribution in [3.8, 4) is 0 Å². The molecule has 0 aliphatic rings. The molecule has 0 radical (unpaired) electrons. The molecule has 0 bridgehead atoms. The first-order chi connectivity index (χ1) is 9.08. The summed E-state index contributed by atoms with van der Waals surface area (Å²) in [5.41, 5.74) is 1.98. The summed E-state index contributed by atoms with van der Waals surface area (Å²) in [5, 5.41) is 2.65. The number of nitrogens with zero attached hydrogens (tertiary/aromatic N) is 1. The number of anilines is 1. The summed E-state index contributed by atoms with van der Waals surface area (Å²) in [6.07, 6.45) is 1.25. The number of amides is 2. The molecule has 0 aliphatic carbocycles. The number of benzene rings is 1. The minimum Gasteiger partial charge on any atom is -0.347 e. The highest BCUT2D eigenvalue weighted by atomic mass is 16.2. The smallest absolute Gasteiger partial charge is 0.246 e. The van der Waals surface area contributed by atoms with E-state index in [9.17, 15) is 9.59 Å². The molecule has 2 amide bonds. The molecule has 0 aromatic heterocycles. The van der Waals surface area contributed by atoms with Crippen LogP contribution in [0.5, 0.6) is 0 Å². The van der Waals surface area contributed by atoms with Crippen LogP contribution in [-0.4, -0.2) is 24.9 Å². The summed E-state index contributed by atoms with van der Waals surface area (Å²) < 4.78 is 0. The number of nitrogens with one attached hydrogen (secondary N) is 1. The Morgan fingerprint density at radius 2 is 2.00 bits per heavy atom. The zero-order valence-electron chi connectivity index (χ0n) is 11.9. The van der Waals surface area contributed by atoms with Gasteiger partial charge >= 0.3 is 0 Å². The molecule has 0 saturated carbocycles. The van der Waals surface area contributed by atoms with Crippen LogP contribution in [0.1, 0.15) is 32.3 Å². The first-order valence-electron chi connectivity index (χ1n) is 6.72. The predicted octanol–water partition coefficient (Wildman–Crippen LogP) is 2.26. The Hall–Kier alpha value is -1.84. The van der Waals surface area contributed by atoms with Crippen LogP contribution in [0.3, 0.4) is 0 Å². The van der Waals surface area contributed by atoms with Crippen LogP contribution in [0, 0.1) is 6.92 Å². The summed E-state index contributed by atoms with van der Waals surface area (Å²) in [5.74, 6) is -0.159. The molecular formula is C15H22N2O2. The summed E-state index contributed by atoms with van der Waals surface area (Å²) in [6.45, 7) is 6.50. The van der Waals surface area contributed by atoms with Gasteiger partial charge in [0.25, 0.3) is 0 Å². The highest BCUT2D eigenvalue weighted by molar-refractivity contribution is 5.96. The number of likely N-dealkylation sites (N-methyl/N-ethyl adjacent to an activating group) is 1. The molecule has 1 aromatic carbocycles. The largest absolute Gasteiger partial charge is 0.347 e. The third kappa shape index (κ3) is 4.73.